The van der Waals surface area contributed by atoms with Crippen LogP contribution in [-0.2, 0) is 11.2 Å². The van der Waals surface area contributed by atoms with E-state index in [1.807, 2.05) is 19.9 Å². The Morgan fingerprint density at radius 1 is 1.33 bits per heavy atom. The lowest BCUT2D eigenvalue weighted by molar-refractivity contribution is 0.0923. The van der Waals surface area contributed by atoms with Crippen molar-refractivity contribution in [2.75, 3.05) is 13.2 Å². The first-order valence-electron chi connectivity index (χ1n) is 7.95. The molecule has 7 heteroatoms. The van der Waals surface area contributed by atoms with Crippen LogP contribution in [0.4, 0.5) is 0 Å². The number of ether oxygens (including phenoxy) is 1. The van der Waals surface area contributed by atoms with Gasteiger partial charge in [-0.25, -0.2) is 0 Å². The van der Waals surface area contributed by atoms with Crippen LogP contribution in [0.5, 0.6) is 0 Å². The molecule has 3 rings (SSSR count). The fraction of sp³-hybridized carbons (Fsp3) is 0.471. The van der Waals surface area contributed by atoms with E-state index in [0.717, 1.165) is 22.7 Å². The fourth-order valence-electron chi connectivity index (χ4n) is 2.87. The van der Waals surface area contributed by atoms with Crippen LogP contribution in [0.1, 0.15) is 33.1 Å². The molecule has 1 saturated heterocycles. The topological polar surface area (TPSA) is 97.2 Å². The van der Waals surface area contributed by atoms with E-state index in [1.165, 1.54) is 0 Å². The molecule has 1 aliphatic heterocycles. The summed E-state index contributed by atoms with van der Waals surface area (Å²) in [6, 6.07) is 3.34. The normalized spacial score (nSPS) is 20.3. The Labute approximate surface area is 139 Å². The quantitative estimate of drug-likeness (QED) is 0.879. The summed E-state index contributed by atoms with van der Waals surface area (Å²) in [6.07, 6.45) is 0.634. The maximum absolute atomic E-state index is 12.5. The number of carbonyl (C=O) groups is 1. The molecule has 2 N–H and O–H groups in total. The van der Waals surface area contributed by atoms with Gasteiger partial charge in [-0.3, -0.25) is 9.59 Å². The molecule has 2 atom stereocenters. The van der Waals surface area contributed by atoms with Gasteiger partial charge in [-0.1, -0.05) is 5.16 Å². The Morgan fingerprint density at radius 3 is 2.83 bits per heavy atom. The first-order valence-corrected chi connectivity index (χ1v) is 7.95. The van der Waals surface area contributed by atoms with Crippen LogP contribution in [0.15, 0.2) is 21.5 Å². The van der Waals surface area contributed by atoms with Crippen molar-refractivity contribution in [3.63, 3.8) is 0 Å². The van der Waals surface area contributed by atoms with E-state index in [4.69, 9.17) is 9.26 Å². The highest BCUT2D eigenvalue weighted by molar-refractivity contribution is 5.94. The lowest BCUT2D eigenvalue weighted by Gasteiger charge is -2.18. The predicted octanol–water partition coefficient (Wildman–Crippen LogP) is 1.28. The van der Waals surface area contributed by atoms with Gasteiger partial charge in [0.25, 0.3) is 11.5 Å². The molecule has 1 amide bonds. The third-order valence-corrected chi connectivity index (χ3v) is 4.40. The van der Waals surface area contributed by atoms with Crippen molar-refractivity contribution in [2.45, 2.75) is 33.2 Å². The van der Waals surface area contributed by atoms with Gasteiger partial charge >= 0.3 is 0 Å². The third kappa shape index (κ3) is 3.41. The van der Waals surface area contributed by atoms with Crippen molar-refractivity contribution in [3.05, 3.63) is 50.8 Å². The number of H-pyrrole nitrogens is 1. The monoisotopic (exact) mass is 331 g/mol. The molecule has 24 heavy (non-hydrogen) atoms. The molecule has 1 aliphatic rings. The Morgan fingerprint density at radius 2 is 2.12 bits per heavy atom. The second-order valence-corrected chi connectivity index (χ2v) is 6.34. The number of nitrogens with zero attached hydrogens (tertiary/aromatic N) is 1. The average molecular weight is 331 g/mol. The summed E-state index contributed by atoms with van der Waals surface area (Å²) in [5.41, 5.74) is 2.21. The van der Waals surface area contributed by atoms with E-state index < -0.39 is 0 Å². The second-order valence-electron chi connectivity index (χ2n) is 6.34. The van der Waals surface area contributed by atoms with Gasteiger partial charge in [-0.15, -0.1) is 0 Å². The third-order valence-electron chi connectivity index (χ3n) is 4.40. The maximum Gasteiger partial charge on any atom is 0.261 e. The minimum atomic E-state index is -0.381. The largest absolute Gasteiger partial charge is 0.379 e. The number of rotatable bonds is 4. The molecule has 0 aliphatic carbocycles. The zero-order valence-corrected chi connectivity index (χ0v) is 14.0. The van der Waals surface area contributed by atoms with E-state index in [-0.39, 0.29) is 29.0 Å². The number of hydrogen-bond acceptors (Lipinski definition) is 5. The summed E-state index contributed by atoms with van der Waals surface area (Å²) in [7, 11) is 0. The molecule has 0 unspecified atom stereocenters. The van der Waals surface area contributed by atoms with Gasteiger partial charge in [-0.2, -0.15) is 0 Å². The van der Waals surface area contributed by atoms with Gasteiger partial charge in [0.15, 0.2) is 0 Å². The molecule has 2 aromatic heterocycles. The van der Waals surface area contributed by atoms with E-state index in [1.54, 1.807) is 13.0 Å². The molecule has 128 valence electrons. The van der Waals surface area contributed by atoms with Crippen molar-refractivity contribution in [1.29, 1.82) is 0 Å². The highest BCUT2D eigenvalue weighted by Gasteiger charge is 2.31. The lowest BCUT2D eigenvalue weighted by Crippen LogP contribution is -2.42. The molecule has 2 aromatic rings. The summed E-state index contributed by atoms with van der Waals surface area (Å²) in [6.45, 7) is 6.48. The van der Waals surface area contributed by atoms with Crippen LogP contribution in [0, 0.1) is 26.7 Å². The first kappa shape index (κ1) is 16.4. The number of amides is 1. The number of aromatic amines is 1. The van der Waals surface area contributed by atoms with Gasteiger partial charge in [0.05, 0.1) is 24.9 Å². The SMILES string of the molecule is Cc1cc(C[C@@H]2COC[C@@H]2NC(=O)c2cc(C)c(C)[nH]c2=O)on1. The highest BCUT2D eigenvalue weighted by Crippen LogP contribution is 2.20. The van der Waals surface area contributed by atoms with E-state index >= 15 is 0 Å². The Bertz CT molecular complexity index is 808. The summed E-state index contributed by atoms with van der Waals surface area (Å²) < 4.78 is 10.7. The van der Waals surface area contributed by atoms with Crippen LogP contribution >= 0.6 is 0 Å². The number of aryl methyl sites for hydroxylation is 3. The van der Waals surface area contributed by atoms with Crippen molar-refractivity contribution >= 4 is 5.91 Å². The fourth-order valence-corrected chi connectivity index (χ4v) is 2.87. The van der Waals surface area contributed by atoms with Crippen LogP contribution < -0.4 is 10.9 Å². The predicted molar refractivity (Wildman–Crippen MR) is 87.0 cm³/mol. The van der Waals surface area contributed by atoms with Crippen molar-refractivity contribution in [2.24, 2.45) is 5.92 Å². The minimum Gasteiger partial charge on any atom is -0.379 e. The summed E-state index contributed by atoms with van der Waals surface area (Å²) in [5.74, 6) is 0.479. The van der Waals surface area contributed by atoms with Gasteiger partial charge in [0, 0.05) is 24.1 Å². The van der Waals surface area contributed by atoms with Gasteiger partial charge in [0.1, 0.15) is 11.3 Å². The van der Waals surface area contributed by atoms with Gasteiger partial charge in [0.2, 0.25) is 0 Å². The van der Waals surface area contributed by atoms with Gasteiger partial charge < -0.3 is 19.6 Å². The van der Waals surface area contributed by atoms with E-state index in [9.17, 15) is 9.59 Å². The van der Waals surface area contributed by atoms with Crippen LogP contribution in [0.25, 0.3) is 0 Å². The molecule has 0 bridgehead atoms. The van der Waals surface area contributed by atoms with Crippen molar-refractivity contribution in [3.8, 4) is 0 Å². The van der Waals surface area contributed by atoms with E-state index in [2.05, 4.69) is 15.5 Å². The van der Waals surface area contributed by atoms with Crippen LogP contribution in [0.2, 0.25) is 0 Å². The Balaban J connectivity index is 1.71. The molecule has 1 fully saturated rings. The zero-order valence-electron chi connectivity index (χ0n) is 14.0. The molecule has 0 spiro atoms. The summed E-state index contributed by atoms with van der Waals surface area (Å²) in [5, 5.41) is 6.79. The van der Waals surface area contributed by atoms with Crippen LogP contribution in [-0.4, -0.2) is 35.3 Å². The molecular weight excluding hydrogens is 310 g/mol. The Hall–Kier alpha value is -2.41. The standard InChI is InChI=1S/C17H21N3O4/c1-9-4-14(16(21)18-11(9)3)17(22)19-15-8-23-7-12(15)6-13-5-10(2)20-24-13/h4-5,12,15H,6-8H2,1-3H3,(H,18,21)(H,19,22)/t12-,15+/m1/s1. The number of carbonyl (C=O) groups excluding carboxylic acids is 1. The zero-order chi connectivity index (χ0) is 17.3. The van der Waals surface area contributed by atoms with Gasteiger partial charge in [-0.05, 0) is 32.4 Å². The molecule has 0 saturated carbocycles. The molecule has 7 nitrogen and oxygen atoms in total. The molecule has 0 radical (unpaired) electrons. The average Bonchev–Trinajstić information content (AvgIpc) is 3.13. The maximum atomic E-state index is 12.5. The molecule has 0 aromatic carbocycles. The van der Waals surface area contributed by atoms with Crippen LogP contribution in [0.3, 0.4) is 0 Å². The number of aromatic nitrogens is 2. The molecular formula is C17H21N3O4. The first-order chi connectivity index (χ1) is 11.4. The number of hydrogen-bond donors (Lipinski definition) is 2. The number of pyridine rings is 1. The number of nitrogens with one attached hydrogen (secondary N) is 2. The molecule has 3 heterocycles. The second kappa shape index (κ2) is 6.60. The lowest BCUT2D eigenvalue weighted by atomic mass is 9.98. The smallest absolute Gasteiger partial charge is 0.261 e. The van der Waals surface area contributed by atoms with Crippen molar-refractivity contribution in [1.82, 2.24) is 15.5 Å². The van der Waals surface area contributed by atoms with Crippen molar-refractivity contribution < 1.29 is 14.1 Å². The summed E-state index contributed by atoms with van der Waals surface area (Å²) >= 11 is 0. The summed E-state index contributed by atoms with van der Waals surface area (Å²) in [4.78, 5) is 27.2. The Kier molecular flexibility index (Phi) is 4.53. The highest BCUT2D eigenvalue weighted by atomic mass is 16.5. The van der Waals surface area contributed by atoms with E-state index in [0.29, 0.717) is 19.6 Å². The minimum absolute atomic E-state index is 0.0897.